The van der Waals surface area contributed by atoms with Crippen LogP contribution in [0.5, 0.6) is 0 Å². The molecule has 1 aliphatic rings. The quantitative estimate of drug-likeness (QED) is 0.833. The van der Waals surface area contributed by atoms with Crippen molar-refractivity contribution in [1.82, 2.24) is 29.9 Å². The smallest absolute Gasteiger partial charge is 0.269 e. The Balaban J connectivity index is 1.67. The SMILES string of the molecule is CN(C)C[C@@H]1CN(Cc2ccccn2)C[C@H]1NC(=O)c1ccnn1C. The minimum atomic E-state index is -0.0616. The van der Waals surface area contributed by atoms with Crippen molar-refractivity contribution in [1.29, 1.82) is 0 Å². The topological polar surface area (TPSA) is 66.3 Å². The van der Waals surface area contributed by atoms with Gasteiger partial charge in [-0.3, -0.25) is 19.4 Å². The van der Waals surface area contributed by atoms with Gasteiger partial charge in [-0.05, 0) is 32.3 Å². The fourth-order valence-corrected chi connectivity index (χ4v) is 3.47. The summed E-state index contributed by atoms with van der Waals surface area (Å²) in [5, 5.41) is 7.28. The molecule has 0 aliphatic carbocycles. The van der Waals surface area contributed by atoms with Crippen LogP contribution in [0.25, 0.3) is 0 Å². The maximum Gasteiger partial charge on any atom is 0.269 e. The van der Waals surface area contributed by atoms with Crippen molar-refractivity contribution in [3.63, 3.8) is 0 Å². The number of carbonyl (C=O) groups excluding carboxylic acids is 1. The first-order chi connectivity index (χ1) is 12.0. The second-order valence-corrected chi connectivity index (χ2v) is 6.96. The van der Waals surface area contributed by atoms with Gasteiger partial charge in [-0.25, -0.2) is 0 Å². The third-order valence-electron chi connectivity index (χ3n) is 4.60. The molecule has 1 saturated heterocycles. The molecule has 1 fully saturated rings. The lowest BCUT2D eigenvalue weighted by atomic mass is 10.0. The first-order valence-corrected chi connectivity index (χ1v) is 8.59. The van der Waals surface area contributed by atoms with Gasteiger partial charge in [-0.15, -0.1) is 0 Å². The number of hydrogen-bond acceptors (Lipinski definition) is 5. The van der Waals surface area contributed by atoms with Gasteiger partial charge in [0.1, 0.15) is 5.69 Å². The van der Waals surface area contributed by atoms with E-state index >= 15 is 0 Å². The van der Waals surface area contributed by atoms with E-state index in [2.05, 4.69) is 39.3 Å². The minimum absolute atomic E-state index is 0.0616. The molecule has 0 bridgehead atoms. The number of amides is 1. The summed E-state index contributed by atoms with van der Waals surface area (Å²) in [5.74, 6) is 0.323. The van der Waals surface area contributed by atoms with Crippen molar-refractivity contribution in [3.05, 3.63) is 48.0 Å². The van der Waals surface area contributed by atoms with E-state index in [0.29, 0.717) is 11.6 Å². The lowest BCUT2D eigenvalue weighted by molar-refractivity contribution is 0.0917. The van der Waals surface area contributed by atoms with Crippen molar-refractivity contribution in [3.8, 4) is 0 Å². The lowest BCUT2D eigenvalue weighted by Gasteiger charge is -2.22. The lowest BCUT2D eigenvalue weighted by Crippen LogP contribution is -2.43. The number of hydrogen-bond donors (Lipinski definition) is 1. The Bertz CT molecular complexity index is 699. The average Bonchev–Trinajstić information content (AvgIpc) is 3.14. The third kappa shape index (κ3) is 4.43. The fourth-order valence-electron chi connectivity index (χ4n) is 3.47. The van der Waals surface area contributed by atoms with E-state index in [1.54, 1.807) is 24.0 Å². The summed E-state index contributed by atoms with van der Waals surface area (Å²) >= 11 is 0. The number of rotatable bonds is 6. The molecule has 0 saturated carbocycles. The van der Waals surface area contributed by atoms with Gasteiger partial charge >= 0.3 is 0 Å². The Morgan fingerprint density at radius 2 is 2.12 bits per heavy atom. The molecule has 2 aromatic rings. The highest BCUT2D eigenvalue weighted by Gasteiger charge is 2.34. The third-order valence-corrected chi connectivity index (χ3v) is 4.60. The van der Waals surface area contributed by atoms with E-state index in [1.807, 2.05) is 24.4 Å². The summed E-state index contributed by atoms with van der Waals surface area (Å²) in [7, 11) is 5.93. The van der Waals surface area contributed by atoms with Crippen LogP contribution < -0.4 is 5.32 Å². The second kappa shape index (κ2) is 7.76. The molecular weight excluding hydrogens is 316 g/mol. The van der Waals surface area contributed by atoms with Gasteiger partial charge in [0.05, 0.1) is 5.69 Å². The zero-order chi connectivity index (χ0) is 17.8. The zero-order valence-corrected chi connectivity index (χ0v) is 15.1. The molecule has 7 nitrogen and oxygen atoms in total. The molecule has 1 N–H and O–H groups in total. The maximum atomic E-state index is 12.6. The van der Waals surface area contributed by atoms with Crippen molar-refractivity contribution < 1.29 is 4.79 Å². The van der Waals surface area contributed by atoms with Crippen LogP contribution in [0, 0.1) is 5.92 Å². The van der Waals surface area contributed by atoms with Crippen LogP contribution in [0.1, 0.15) is 16.2 Å². The first-order valence-electron chi connectivity index (χ1n) is 8.59. The van der Waals surface area contributed by atoms with Gasteiger partial charge in [0.25, 0.3) is 5.91 Å². The van der Waals surface area contributed by atoms with Gasteiger partial charge in [0.2, 0.25) is 0 Å². The van der Waals surface area contributed by atoms with Gasteiger partial charge < -0.3 is 10.2 Å². The van der Waals surface area contributed by atoms with Crippen LogP contribution in [0.15, 0.2) is 36.7 Å². The molecule has 7 heteroatoms. The highest BCUT2D eigenvalue weighted by atomic mass is 16.2. The Morgan fingerprint density at radius 3 is 2.76 bits per heavy atom. The summed E-state index contributed by atoms with van der Waals surface area (Å²) in [4.78, 5) is 21.5. The minimum Gasteiger partial charge on any atom is -0.346 e. The number of nitrogens with one attached hydrogen (secondary N) is 1. The van der Waals surface area contributed by atoms with Crippen molar-refractivity contribution in [2.24, 2.45) is 13.0 Å². The van der Waals surface area contributed by atoms with Crippen LogP contribution in [0.4, 0.5) is 0 Å². The molecule has 25 heavy (non-hydrogen) atoms. The van der Waals surface area contributed by atoms with E-state index < -0.39 is 0 Å². The molecule has 2 aromatic heterocycles. The molecule has 1 amide bonds. The maximum absolute atomic E-state index is 12.6. The molecule has 3 rings (SSSR count). The second-order valence-electron chi connectivity index (χ2n) is 6.96. The normalized spacial score (nSPS) is 21.0. The van der Waals surface area contributed by atoms with Crippen molar-refractivity contribution in [2.75, 3.05) is 33.7 Å². The molecular formula is C18H26N6O. The number of aryl methyl sites for hydroxylation is 1. The summed E-state index contributed by atoms with van der Waals surface area (Å²) in [5.41, 5.74) is 1.65. The van der Waals surface area contributed by atoms with Crippen molar-refractivity contribution >= 4 is 5.91 Å². The highest BCUT2D eigenvalue weighted by Crippen LogP contribution is 2.20. The number of pyridine rings is 1. The Labute approximate surface area is 148 Å². The Kier molecular flexibility index (Phi) is 5.45. The first kappa shape index (κ1) is 17.6. The number of carbonyl (C=O) groups is 1. The van der Waals surface area contributed by atoms with Crippen molar-refractivity contribution in [2.45, 2.75) is 12.6 Å². The van der Waals surface area contributed by atoms with E-state index in [-0.39, 0.29) is 11.9 Å². The Morgan fingerprint density at radius 1 is 1.28 bits per heavy atom. The molecule has 0 radical (unpaired) electrons. The largest absolute Gasteiger partial charge is 0.346 e. The van der Waals surface area contributed by atoms with Crippen LogP contribution in [0.3, 0.4) is 0 Å². The molecule has 2 atom stereocenters. The average molecular weight is 342 g/mol. The van der Waals surface area contributed by atoms with Gasteiger partial charge in [-0.2, -0.15) is 5.10 Å². The van der Waals surface area contributed by atoms with E-state index in [1.165, 1.54) is 0 Å². The van der Waals surface area contributed by atoms with Crippen LogP contribution in [-0.2, 0) is 13.6 Å². The molecule has 1 aliphatic heterocycles. The Hall–Kier alpha value is -2.25. The summed E-state index contributed by atoms with van der Waals surface area (Å²) < 4.78 is 1.61. The monoisotopic (exact) mass is 342 g/mol. The number of aromatic nitrogens is 3. The van der Waals surface area contributed by atoms with Gasteiger partial charge in [-0.1, -0.05) is 6.07 Å². The summed E-state index contributed by atoms with van der Waals surface area (Å²) in [6.45, 7) is 3.53. The standard InChI is InChI=1S/C18H26N6O/c1-22(2)10-14-11-24(12-15-6-4-5-8-19-15)13-16(14)21-18(25)17-7-9-20-23(17)3/h4-9,14,16H,10-13H2,1-3H3,(H,21,25)/t14-,16-/m1/s1. The summed E-state index contributed by atoms with van der Waals surface area (Å²) in [6, 6.07) is 7.85. The van der Waals surface area contributed by atoms with E-state index in [4.69, 9.17) is 0 Å². The number of likely N-dealkylation sites (tertiary alicyclic amines) is 1. The van der Waals surface area contributed by atoms with Gasteiger partial charge in [0, 0.05) is 57.6 Å². The highest BCUT2D eigenvalue weighted by molar-refractivity contribution is 5.92. The molecule has 0 unspecified atom stereocenters. The fraction of sp³-hybridized carbons (Fsp3) is 0.500. The zero-order valence-electron chi connectivity index (χ0n) is 15.1. The molecule has 0 aromatic carbocycles. The summed E-state index contributed by atoms with van der Waals surface area (Å²) in [6.07, 6.45) is 3.47. The molecule has 0 spiro atoms. The number of nitrogens with zero attached hydrogens (tertiary/aromatic N) is 5. The van der Waals surface area contributed by atoms with E-state index in [0.717, 1.165) is 31.9 Å². The predicted octanol–water partition coefficient (Wildman–Crippen LogP) is 0.607. The molecule has 3 heterocycles. The van der Waals surface area contributed by atoms with Crippen LogP contribution >= 0.6 is 0 Å². The van der Waals surface area contributed by atoms with Crippen LogP contribution in [-0.4, -0.2) is 70.2 Å². The van der Waals surface area contributed by atoms with Gasteiger partial charge in [0.15, 0.2) is 0 Å². The predicted molar refractivity (Wildman–Crippen MR) is 96.0 cm³/mol. The molecule has 134 valence electrons. The van der Waals surface area contributed by atoms with E-state index in [9.17, 15) is 4.79 Å². The van der Waals surface area contributed by atoms with Crippen LogP contribution in [0.2, 0.25) is 0 Å².